The van der Waals surface area contributed by atoms with Crippen LogP contribution in [0.1, 0.15) is 24.6 Å². The van der Waals surface area contributed by atoms with Gasteiger partial charge >= 0.3 is 6.55 Å². The Labute approximate surface area is 154 Å². The van der Waals surface area contributed by atoms with Crippen LogP contribution in [-0.2, 0) is 4.79 Å². The van der Waals surface area contributed by atoms with Crippen molar-refractivity contribution < 1.29 is 13.6 Å². The number of benzene rings is 2. The topological polar surface area (TPSA) is 46.9 Å². The molecule has 1 atom stereocenters. The van der Waals surface area contributed by atoms with Crippen LogP contribution in [0.15, 0.2) is 47.6 Å². The van der Waals surface area contributed by atoms with Crippen molar-refractivity contribution in [3.05, 3.63) is 53.6 Å². The zero-order valence-electron chi connectivity index (χ0n) is 14.7. The largest absolute Gasteiger partial charge is 0.325 e. The van der Waals surface area contributed by atoms with E-state index in [-0.39, 0.29) is 11.1 Å². The molecule has 0 bridgehead atoms. The third-order valence-corrected chi connectivity index (χ3v) is 5.21. The molecule has 1 aromatic heterocycles. The lowest BCUT2D eigenvalue weighted by atomic mass is 10.1. The molecule has 0 saturated heterocycles. The number of halogens is 2. The minimum absolute atomic E-state index is 0.130. The third kappa shape index (κ3) is 3.58. The molecule has 0 spiro atoms. The van der Waals surface area contributed by atoms with Gasteiger partial charge in [0.25, 0.3) is 0 Å². The maximum absolute atomic E-state index is 13.5. The Balaban J connectivity index is 1.84. The van der Waals surface area contributed by atoms with Gasteiger partial charge in [0.05, 0.1) is 16.3 Å². The normalized spacial score (nSPS) is 12.5. The van der Waals surface area contributed by atoms with E-state index in [1.165, 1.54) is 0 Å². The summed E-state index contributed by atoms with van der Waals surface area (Å²) in [6.07, 6.45) is 0. The molecule has 0 aliphatic carbocycles. The third-order valence-electron chi connectivity index (χ3n) is 4.14. The zero-order chi connectivity index (χ0) is 18.8. The van der Waals surface area contributed by atoms with E-state index < -0.39 is 11.8 Å². The molecule has 3 aromatic rings. The summed E-state index contributed by atoms with van der Waals surface area (Å²) in [5.74, 6) is -0.250. The molecule has 0 aliphatic rings. The number of imidazole rings is 1. The molecule has 0 saturated carbocycles. The molecule has 1 amide bonds. The smallest absolute Gasteiger partial charge is 0.321 e. The van der Waals surface area contributed by atoms with E-state index in [0.29, 0.717) is 11.0 Å². The number of carbonyl (C=O) groups excluding carboxylic acids is 1. The van der Waals surface area contributed by atoms with Crippen LogP contribution in [0, 0.1) is 13.8 Å². The number of anilines is 1. The lowest BCUT2D eigenvalue weighted by molar-refractivity contribution is -0.115. The van der Waals surface area contributed by atoms with Crippen LogP contribution in [0.4, 0.5) is 14.5 Å². The Morgan fingerprint density at radius 2 is 1.77 bits per heavy atom. The summed E-state index contributed by atoms with van der Waals surface area (Å²) in [5, 5.41) is 2.45. The Morgan fingerprint density at radius 3 is 2.42 bits per heavy atom. The summed E-state index contributed by atoms with van der Waals surface area (Å²) < 4.78 is 27.9. The molecule has 1 N–H and O–H groups in total. The van der Waals surface area contributed by atoms with Crippen LogP contribution >= 0.6 is 11.8 Å². The minimum Gasteiger partial charge on any atom is -0.325 e. The van der Waals surface area contributed by atoms with Crippen LogP contribution < -0.4 is 5.32 Å². The number of aromatic nitrogens is 2. The maximum Gasteiger partial charge on any atom is 0.321 e. The number of thioether (sulfide) groups is 1. The fourth-order valence-electron chi connectivity index (χ4n) is 2.74. The molecule has 3 rings (SSSR count). The van der Waals surface area contributed by atoms with E-state index in [9.17, 15) is 13.6 Å². The maximum atomic E-state index is 13.5. The molecule has 136 valence electrons. The molecule has 0 radical (unpaired) electrons. The summed E-state index contributed by atoms with van der Waals surface area (Å²) in [6.45, 7) is 2.79. The molecule has 26 heavy (non-hydrogen) atoms. The van der Waals surface area contributed by atoms with Crippen LogP contribution in [0.25, 0.3) is 11.0 Å². The molecule has 7 heteroatoms. The predicted molar refractivity (Wildman–Crippen MR) is 101 cm³/mol. The highest BCUT2D eigenvalue weighted by atomic mass is 32.2. The van der Waals surface area contributed by atoms with Crippen molar-refractivity contribution in [1.82, 2.24) is 9.55 Å². The van der Waals surface area contributed by atoms with E-state index in [4.69, 9.17) is 0 Å². The van der Waals surface area contributed by atoms with Gasteiger partial charge in [-0.1, -0.05) is 42.1 Å². The van der Waals surface area contributed by atoms with Gasteiger partial charge in [-0.25, -0.2) is 4.98 Å². The van der Waals surface area contributed by atoms with Crippen molar-refractivity contribution in [2.24, 2.45) is 0 Å². The molecule has 1 unspecified atom stereocenters. The first kappa shape index (κ1) is 18.4. The Kier molecular flexibility index (Phi) is 5.27. The molecular weight excluding hydrogens is 356 g/mol. The first-order valence-electron chi connectivity index (χ1n) is 8.17. The molecule has 0 aliphatic heterocycles. The number of fused-ring (bicyclic) bond motifs is 1. The van der Waals surface area contributed by atoms with Gasteiger partial charge in [-0.15, -0.1) is 0 Å². The van der Waals surface area contributed by atoms with Crippen LogP contribution in [0.3, 0.4) is 0 Å². The predicted octanol–water partition coefficient (Wildman–Crippen LogP) is 5.17. The highest BCUT2D eigenvalue weighted by Gasteiger charge is 2.23. The van der Waals surface area contributed by atoms with E-state index >= 15 is 0 Å². The van der Waals surface area contributed by atoms with Gasteiger partial charge in [0, 0.05) is 5.69 Å². The fraction of sp³-hybridized carbons (Fsp3) is 0.263. The van der Waals surface area contributed by atoms with E-state index in [0.717, 1.165) is 33.1 Å². The number of nitrogens with one attached hydrogen (secondary N) is 1. The van der Waals surface area contributed by atoms with Gasteiger partial charge in [0.15, 0.2) is 5.16 Å². The quantitative estimate of drug-likeness (QED) is 0.626. The van der Waals surface area contributed by atoms with Crippen LogP contribution in [-0.4, -0.2) is 20.7 Å². The molecule has 2 aromatic carbocycles. The van der Waals surface area contributed by atoms with Crippen molar-refractivity contribution in [2.75, 3.05) is 5.32 Å². The van der Waals surface area contributed by atoms with Crippen molar-refractivity contribution in [3.63, 3.8) is 0 Å². The summed E-state index contributed by atoms with van der Waals surface area (Å²) in [5.41, 5.74) is 3.50. The van der Waals surface area contributed by atoms with Crippen molar-refractivity contribution >= 4 is 34.4 Å². The van der Waals surface area contributed by atoms with Gasteiger partial charge in [0.1, 0.15) is 0 Å². The number of rotatable bonds is 5. The van der Waals surface area contributed by atoms with Gasteiger partial charge in [-0.05, 0) is 44.0 Å². The van der Waals surface area contributed by atoms with E-state index in [1.54, 1.807) is 31.2 Å². The molecular formula is C19H19F2N3OS. The first-order valence-corrected chi connectivity index (χ1v) is 9.05. The number of aryl methyl sites for hydroxylation is 2. The van der Waals surface area contributed by atoms with E-state index in [2.05, 4.69) is 10.3 Å². The van der Waals surface area contributed by atoms with Gasteiger partial charge in [-0.2, -0.15) is 8.78 Å². The second-order valence-corrected chi connectivity index (χ2v) is 7.35. The minimum atomic E-state index is -2.72. The standard InChI is InChI=1S/C19H19F2N3OS/c1-11-7-6-8-12(2)16(11)23-17(25)13(3)26-19-22-14-9-4-5-10-15(14)24(19)18(20)21/h4-10,13,18H,1-3H3,(H,23,25). The number of para-hydroxylation sites is 3. The lowest BCUT2D eigenvalue weighted by Gasteiger charge is -2.15. The summed E-state index contributed by atoms with van der Waals surface area (Å²) in [6, 6.07) is 12.5. The highest BCUT2D eigenvalue weighted by molar-refractivity contribution is 8.00. The number of amides is 1. The molecule has 1 heterocycles. The van der Waals surface area contributed by atoms with Gasteiger partial charge in [-0.3, -0.25) is 9.36 Å². The monoisotopic (exact) mass is 375 g/mol. The number of nitrogens with zero attached hydrogens (tertiary/aromatic N) is 2. The Hall–Kier alpha value is -2.41. The zero-order valence-corrected chi connectivity index (χ0v) is 15.5. The van der Waals surface area contributed by atoms with Crippen LogP contribution in [0.2, 0.25) is 0 Å². The fourth-order valence-corrected chi connectivity index (χ4v) is 3.67. The highest BCUT2D eigenvalue weighted by Crippen LogP contribution is 2.32. The Morgan fingerprint density at radius 1 is 1.12 bits per heavy atom. The number of hydrogen-bond acceptors (Lipinski definition) is 3. The number of alkyl halides is 2. The first-order chi connectivity index (χ1) is 12.4. The van der Waals surface area contributed by atoms with Gasteiger partial charge < -0.3 is 5.32 Å². The average molecular weight is 375 g/mol. The lowest BCUT2D eigenvalue weighted by Crippen LogP contribution is -2.24. The summed E-state index contributed by atoms with van der Waals surface area (Å²) in [4.78, 5) is 16.8. The van der Waals surface area contributed by atoms with Crippen molar-refractivity contribution in [2.45, 2.75) is 37.7 Å². The molecule has 0 fully saturated rings. The number of hydrogen-bond donors (Lipinski definition) is 1. The summed E-state index contributed by atoms with van der Waals surface area (Å²) in [7, 11) is 0. The second-order valence-electron chi connectivity index (χ2n) is 6.05. The summed E-state index contributed by atoms with van der Waals surface area (Å²) >= 11 is 1.02. The average Bonchev–Trinajstić information content (AvgIpc) is 2.96. The number of carbonyl (C=O) groups is 1. The SMILES string of the molecule is Cc1cccc(C)c1NC(=O)C(C)Sc1nc2ccccc2n1C(F)F. The van der Waals surface area contributed by atoms with Crippen molar-refractivity contribution in [3.8, 4) is 0 Å². The van der Waals surface area contributed by atoms with Gasteiger partial charge in [0.2, 0.25) is 5.91 Å². The molecule has 4 nitrogen and oxygen atoms in total. The van der Waals surface area contributed by atoms with Crippen LogP contribution in [0.5, 0.6) is 0 Å². The Bertz CT molecular complexity index is 935. The van der Waals surface area contributed by atoms with Crippen molar-refractivity contribution in [1.29, 1.82) is 0 Å². The van der Waals surface area contributed by atoms with E-state index in [1.807, 2.05) is 32.0 Å². The second kappa shape index (κ2) is 7.45.